The van der Waals surface area contributed by atoms with Crippen molar-refractivity contribution < 1.29 is 9.21 Å². The zero-order valence-corrected chi connectivity index (χ0v) is 14.9. The Morgan fingerprint density at radius 3 is 3.04 bits per heavy atom. The summed E-state index contributed by atoms with van der Waals surface area (Å²) in [6.45, 7) is 0. The van der Waals surface area contributed by atoms with Gasteiger partial charge in [0.2, 0.25) is 11.8 Å². The molecule has 23 heavy (non-hydrogen) atoms. The Kier molecular flexibility index (Phi) is 7.22. The van der Waals surface area contributed by atoms with Crippen molar-refractivity contribution in [1.29, 1.82) is 0 Å². The molecule has 0 radical (unpaired) electrons. The summed E-state index contributed by atoms with van der Waals surface area (Å²) in [4.78, 5) is 11.9. The molecule has 1 aromatic carbocycles. The van der Waals surface area contributed by atoms with Crippen molar-refractivity contribution in [2.45, 2.75) is 17.7 Å². The fourth-order valence-electron chi connectivity index (χ4n) is 1.69. The number of amides is 1. The predicted octanol–water partition coefficient (Wildman–Crippen LogP) is 3.21. The molecule has 1 amide bonds. The highest BCUT2D eigenvalue weighted by Gasteiger charge is 2.15. The molecule has 1 atom stereocenters. The lowest BCUT2D eigenvalue weighted by atomic mass is 10.2. The molecule has 3 N–H and O–H groups in total. The van der Waals surface area contributed by atoms with Gasteiger partial charge in [0.05, 0.1) is 11.8 Å². The van der Waals surface area contributed by atoms with Crippen LogP contribution in [-0.2, 0) is 4.79 Å². The van der Waals surface area contributed by atoms with Crippen LogP contribution in [0.2, 0.25) is 5.02 Å². The van der Waals surface area contributed by atoms with Crippen molar-refractivity contribution in [3.05, 3.63) is 35.2 Å². The molecule has 1 aromatic heterocycles. The van der Waals surface area contributed by atoms with Crippen LogP contribution in [-0.4, -0.2) is 33.9 Å². The molecule has 6 nitrogen and oxygen atoms in total. The number of hydrogen-bond acceptors (Lipinski definition) is 7. The van der Waals surface area contributed by atoms with E-state index in [1.165, 1.54) is 11.8 Å². The Hall–Kier alpha value is -1.22. The molecule has 0 fully saturated rings. The van der Waals surface area contributed by atoms with Gasteiger partial charge in [-0.3, -0.25) is 4.79 Å². The third-order valence-corrected chi connectivity index (χ3v) is 4.50. The van der Waals surface area contributed by atoms with Gasteiger partial charge in [-0.15, -0.1) is 10.2 Å². The molecule has 2 rings (SSSR count). The molecule has 1 heterocycles. The normalized spacial score (nSPS) is 12.1. The van der Waals surface area contributed by atoms with Crippen molar-refractivity contribution in [2.75, 3.05) is 23.1 Å². The Bertz CT molecular complexity index is 653. The first-order valence-corrected chi connectivity index (χ1v) is 9.60. The lowest BCUT2D eigenvalue weighted by molar-refractivity contribution is -0.113. The van der Waals surface area contributed by atoms with E-state index in [9.17, 15) is 4.79 Å². The summed E-state index contributed by atoms with van der Waals surface area (Å²) in [7, 11) is 0. The SMILES string of the molecule is CSCC[C@H](N)c1nnc(SCC(=O)Nc2cccc(Cl)c2)o1. The van der Waals surface area contributed by atoms with E-state index in [1.807, 2.05) is 6.26 Å². The molecule has 124 valence electrons. The minimum atomic E-state index is -0.274. The summed E-state index contributed by atoms with van der Waals surface area (Å²) in [6.07, 6.45) is 2.78. The molecular weight excluding hydrogens is 356 g/mol. The van der Waals surface area contributed by atoms with Crippen LogP contribution < -0.4 is 11.1 Å². The number of halogens is 1. The second kappa shape index (κ2) is 9.17. The lowest BCUT2D eigenvalue weighted by Crippen LogP contribution is -2.13. The maximum Gasteiger partial charge on any atom is 0.277 e. The van der Waals surface area contributed by atoms with E-state index < -0.39 is 0 Å². The van der Waals surface area contributed by atoms with Gasteiger partial charge in [-0.1, -0.05) is 29.4 Å². The van der Waals surface area contributed by atoms with Crippen molar-refractivity contribution in [2.24, 2.45) is 5.73 Å². The first-order chi connectivity index (χ1) is 11.1. The Balaban J connectivity index is 1.81. The van der Waals surface area contributed by atoms with Gasteiger partial charge in [0.25, 0.3) is 5.22 Å². The quantitative estimate of drug-likeness (QED) is 0.687. The third kappa shape index (κ3) is 6.06. The molecule has 2 aromatic rings. The van der Waals surface area contributed by atoms with Crippen LogP contribution in [0.1, 0.15) is 18.4 Å². The fourth-order valence-corrected chi connectivity index (χ4v) is 2.94. The average Bonchev–Trinajstić information content (AvgIpc) is 3.00. The number of rotatable bonds is 8. The topological polar surface area (TPSA) is 94.0 Å². The standard InChI is InChI=1S/C14H17ClN4O2S2/c1-22-6-5-11(16)13-18-19-14(21-13)23-8-12(20)17-10-4-2-3-9(15)7-10/h2-4,7,11H,5-6,8,16H2,1H3,(H,17,20)/t11-/m0/s1. The lowest BCUT2D eigenvalue weighted by Gasteiger charge is -2.05. The second-order valence-corrected chi connectivity index (χ2v) is 6.99. The van der Waals surface area contributed by atoms with Crippen molar-refractivity contribution >= 4 is 46.7 Å². The van der Waals surface area contributed by atoms with Gasteiger partial charge in [-0.2, -0.15) is 11.8 Å². The first kappa shape index (κ1) is 18.1. The molecular formula is C14H17ClN4O2S2. The minimum absolute atomic E-state index is 0.161. The zero-order valence-electron chi connectivity index (χ0n) is 12.5. The smallest absolute Gasteiger partial charge is 0.277 e. The summed E-state index contributed by atoms with van der Waals surface area (Å²) in [5.41, 5.74) is 6.60. The average molecular weight is 373 g/mol. The number of carbonyl (C=O) groups excluding carboxylic acids is 1. The molecule has 0 spiro atoms. The summed E-state index contributed by atoms with van der Waals surface area (Å²) < 4.78 is 5.47. The number of nitrogens with one attached hydrogen (secondary N) is 1. The van der Waals surface area contributed by atoms with Crippen LogP contribution in [0.4, 0.5) is 5.69 Å². The molecule has 0 aliphatic rings. The Labute approximate surface area is 147 Å². The maximum atomic E-state index is 11.9. The summed E-state index contributed by atoms with van der Waals surface area (Å²) >= 11 is 8.74. The molecule has 0 saturated heterocycles. The van der Waals surface area contributed by atoms with Gasteiger partial charge in [0.1, 0.15) is 0 Å². The number of benzene rings is 1. The maximum absolute atomic E-state index is 11.9. The summed E-state index contributed by atoms with van der Waals surface area (Å²) in [5.74, 6) is 1.31. The highest BCUT2D eigenvalue weighted by molar-refractivity contribution is 7.99. The third-order valence-electron chi connectivity index (χ3n) is 2.81. The van der Waals surface area contributed by atoms with Crippen LogP contribution in [0.5, 0.6) is 0 Å². The molecule has 9 heteroatoms. The Morgan fingerprint density at radius 2 is 2.30 bits per heavy atom. The van der Waals surface area contributed by atoms with E-state index in [0.29, 0.717) is 21.8 Å². The predicted molar refractivity (Wildman–Crippen MR) is 95.0 cm³/mol. The monoisotopic (exact) mass is 372 g/mol. The van der Waals surface area contributed by atoms with Gasteiger partial charge in [-0.05, 0) is 36.6 Å². The minimum Gasteiger partial charge on any atom is -0.414 e. The fraction of sp³-hybridized carbons (Fsp3) is 0.357. The molecule has 0 unspecified atom stereocenters. The second-order valence-electron chi connectivity index (χ2n) is 4.64. The van der Waals surface area contributed by atoms with Gasteiger partial charge in [0, 0.05) is 10.7 Å². The number of carbonyl (C=O) groups is 1. The van der Waals surface area contributed by atoms with E-state index >= 15 is 0 Å². The number of aromatic nitrogens is 2. The van der Waals surface area contributed by atoms with Crippen LogP contribution in [0.3, 0.4) is 0 Å². The van der Waals surface area contributed by atoms with Crippen LogP contribution in [0, 0.1) is 0 Å². The van der Waals surface area contributed by atoms with E-state index in [4.69, 9.17) is 21.8 Å². The number of thioether (sulfide) groups is 2. The van der Waals surface area contributed by atoms with Gasteiger partial charge in [-0.25, -0.2) is 0 Å². The van der Waals surface area contributed by atoms with Crippen molar-refractivity contribution in [3.8, 4) is 0 Å². The highest BCUT2D eigenvalue weighted by atomic mass is 35.5. The summed E-state index contributed by atoms with van der Waals surface area (Å²) in [5, 5.41) is 11.5. The van der Waals surface area contributed by atoms with Gasteiger partial charge >= 0.3 is 0 Å². The molecule has 0 aliphatic carbocycles. The van der Waals surface area contributed by atoms with E-state index in [2.05, 4.69) is 15.5 Å². The van der Waals surface area contributed by atoms with Gasteiger partial charge in [0.15, 0.2) is 0 Å². The van der Waals surface area contributed by atoms with Crippen molar-refractivity contribution in [1.82, 2.24) is 10.2 Å². The van der Waals surface area contributed by atoms with Crippen molar-refractivity contribution in [3.63, 3.8) is 0 Å². The number of anilines is 1. The van der Waals surface area contributed by atoms with E-state index in [-0.39, 0.29) is 17.7 Å². The first-order valence-electron chi connectivity index (χ1n) is 6.84. The van der Waals surface area contributed by atoms with E-state index in [0.717, 1.165) is 12.2 Å². The highest BCUT2D eigenvalue weighted by Crippen LogP contribution is 2.21. The summed E-state index contributed by atoms with van der Waals surface area (Å²) in [6, 6.07) is 6.69. The van der Waals surface area contributed by atoms with E-state index in [1.54, 1.807) is 36.0 Å². The largest absolute Gasteiger partial charge is 0.414 e. The molecule has 0 bridgehead atoms. The Morgan fingerprint density at radius 1 is 1.48 bits per heavy atom. The number of hydrogen-bond donors (Lipinski definition) is 2. The number of nitrogens with two attached hydrogens (primary N) is 1. The number of nitrogens with zero attached hydrogens (tertiary/aromatic N) is 2. The van der Waals surface area contributed by atoms with Crippen LogP contribution >= 0.6 is 35.1 Å². The van der Waals surface area contributed by atoms with Crippen LogP contribution in [0.15, 0.2) is 33.9 Å². The molecule has 0 aliphatic heterocycles. The molecule has 0 saturated carbocycles. The zero-order chi connectivity index (χ0) is 16.7. The van der Waals surface area contributed by atoms with Crippen LogP contribution in [0.25, 0.3) is 0 Å². The van der Waals surface area contributed by atoms with Gasteiger partial charge < -0.3 is 15.5 Å².